The Labute approximate surface area is 103 Å². The maximum Gasteiger partial charge on any atom is 0.257 e. The van der Waals surface area contributed by atoms with Gasteiger partial charge in [0.25, 0.3) is 5.56 Å². The number of fused-ring (bicyclic) bond motifs is 3. The third-order valence-corrected chi connectivity index (χ3v) is 3.11. The minimum atomic E-state index is -0.128. The number of nitrogens with zero attached hydrogens (tertiary/aromatic N) is 2. The number of H-pyrrole nitrogens is 1. The van der Waals surface area contributed by atoms with Crippen LogP contribution in [0.3, 0.4) is 0 Å². The van der Waals surface area contributed by atoms with E-state index < -0.39 is 0 Å². The van der Waals surface area contributed by atoms with Crippen LogP contribution in [0.5, 0.6) is 0 Å². The largest absolute Gasteiger partial charge is 0.394 e. The van der Waals surface area contributed by atoms with Gasteiger partial charge in [-0.3, -0.25) is 4.79 Å². The van der Waals surface area contributed by atoms with Crippen molar-refractivity contribution in [2.24, 2.45) is 0 Å². The number of aromatic nitrogens is 3. The summed E-state index contributed by atoms with van der Waals surface area (Å²) in [6.07, 6.45) is 0. The molecule has 0 atom stereocenters. The zero-order valence-corrected chi connectivity index (χ0v) is 9.97. The average molecular weight is 243 g/mol. The maximum absolute atomic E-state index is 12.0. The van der Waals surface area contributed by atoms with E-state index in [0.717, 1.165) is 16.5 Å². The molecule has 3 rings (SSSR count). The van der Waals surface area contributed by atoms with E-state index in [1.165, 1.54) is 0 Å². The SMILES string of the molecule is Cc1nn(CCO)c2[nH]c(=O)c3ccccc3c12. The Balaban J connectivity index is 2.52. The van der Waals surface area contributed by atoms with Crippen LogP contribution < -0.4 is 5.56 Å². The molecule has 0 fully saturated rings. The van der Waals surface area contributed by atoms with E-state index in [2.05, 4.69) is 10.1 Å². The molecule has 0 aliphatic rings. The Morgan fingerprint density at radius 1 is 1.33 bits per heavy atom. The molecule has 0 aliphatic carbocycles. The number of hydrogen-bond donors (Lipinski definition) is 2. The molecule has 0 saturated carbocycles. The highest BCUT2D eigenvalue weighted by Crippen LogP contribution is 2.23. The van der Waals surface area contributed by atoms with Crippen molar-refractivity contribution in [2.45, 2.75) is 13.5 Å². The molecule has 0 aliphatic heterocycles. The molecule has 5 heteroatoms. The van der Waals surface area contributed by atoms with Crippen LogP contribution in [0.4, 0.5) is 0 Å². The minimum Gasteiger partial charge on any atom is -0.394 e. The lowest BCUT2D eigenvalue weighted by atomic mass is 10.1. The summed E-state index contributed by atoms with van der Waals surface area (Å²) in [5.74, 6) is 0. The first-order valence-electron chi connectivity index (χ1n) is 5.81. The Morgan fingerprint density at radius 3 is 2.78 bits per heavy atom. The van der Waals surface area contributed by atoms with Crippen LogP contribution in [0.1, 0.15) is 5.69 Å². The molecule has 92 valence electrons. The predicted octanol–water partition coefficient (Wildman–Crippen LogP) is 1.18. The highest BCUT2D eigenvalue weighted by Gasteiger charge is 2.12. The smallest absolute Gasteiger partial charge is 0.257 e. The van der Waals surface area contributed by atoms with E-state index in [4.69, 9.17) is 5.11 Å². The standard InChI is InChI=1S/C13H13N3O2/c1-8-11-9-4-2-3-5-10(9)13(18)14-12(11)16(15-8)6-7-17/h2-5,17H,6-7H2,1H3,(H,14,18). The molecule has 2 N–H and O–H groups in total. The molecule has 0 bridgehead atoms. The number of benzene rings is 1. The van der Waals surface area contributed by atoms with Crippen molar-refractivity contribution in [2.75, 3.05) is 6.61 Å². The number of aliphatic hydroxyl groups is 1. The number of aromatic amines is 1. The zero-order valence-electron chi connectivity index (χ0n) is 9.97. The Hall–Kier alpha value is -2.14. The van der Waals surface area contributed by atoms with Crippen LogP contribution in [0.25, 0.3) is 21.8 Å². The first kappa shape index (κ1) is 11.0. The average Bonchev–Trinajstić information content (AvgIpc) is 2.67. The molecule has 2 aromatic heterocycles. The number of pyridine rings is 1. The summed E-state index contributed by atoms with van der Waals surface area (Å²) >= 11 is 0. The lowest BCUT2D eigenvalue weighted by molar-refractivity contribution is 0.271. The maximum atomic E-state index is 12.0. The van der Waals surface area contributed by atoms with E-state index in [1.54, 1.807) is 10.7 Å². The van der Waals surface area contributed by atoms with Gasteiger partial charge in [-0.1, -0.05) is 18.2 Å². The van der Waals surface area contributed by atoms with Gasteiger partial charge in [-0.25, -0.2) is 4.68 Å². The van der Waals surface area contributed by atoms with E-state index in [9.17, 15) is 4.79 Å². The van der Waals surface area contributed by atoms with Crippen molar-refractivity contribution in [1.82, 2.24) is 14.8 Å². The topological polar surface area (TPSA) is 70.9 Å². The second-order valence-corrected chi connectivity index (χ2v) is 4.26. The monoisotopic (exact) mass is 243 g/mol. The second-order valence-electron chi connectivity index (χ2n) is 4.26. The number of aliphatic hydroxyl groups excluding tert-OH is 1. The molecule has 0 saturated heterocycles. The van der Waals surface area contributed by atoms with Gasteiger partial charge >= 0.3 is 0 Å². The molecule has 0 radical (unpaired) electrons. The fraction of sp³-hybridized carbons (Fsp3) is 0.231. The summed E-state index contributed by atoms with van der Waals surface area (Å²) in [4.78, 5) is 14.8. The molecular formula is C13H13N3O2. The van der Waals surface area contributed by atoms with E-state index in [-0.39, 0.29) is 12.2 Å². The molecule has 2 heterocycles. The van der Waals surface area contributed by atoms with Crippen LogP contribution in [-0.4, -0.2) is 26.5 Å². The van der Waals surface area contributed by atoms with E-state index in [0.29, 0.717) is 17.6 Å². The normalized spacial score (nSPS) is 11.4. The summed E-state index contributed by atoms with van der Waals surface area (Å²) < 4.78 is 1.64. The van der Waals surface area contributed by atoms with Gasteiger partial charge in [-0.15, -0.1) is 0 Å². The van der Waals surface area contributed by atoms with Crippen LogP contribution in [0.15, 0.2) is 29.1 Å². The van der Waals surface area contributed by atoms with Gasteiger partial charge in [-0.05, 0) is 18.4 Å². The van der Waals surface area contributed by atoms with Crippen molar-refractivity contribution in [3.63, 3.8) is 0 Å². The van der Waals surface area contributed by atoms with Crippen molar-refractivity contribution in [3.8, 4) is 0 Å². The van der Waals surface area contributed by atoms with Crippen molar-refractivity contribution >= 4 is 21.8 Å². The predicted molar refractivity (Wildman–Crippen MR) is 69.7 cm³/mol. The van der Waals surface area contributed by atoms with E-state index in [1.807, 2.05) is 25.1 Å². The molecule has 1 aromatic carbocycles. The summed E-state index contributed by atoms with van der Waals surface area (Å²) in [5.41, 5.74) is 1.40. The minimum absolute atomic E-state index is 0.00885. The van der Waals surface area contributed by atoms with Crippen molar-refractivity contribution < 1.29 is 5.11 Å². The lowest BCUT2D eigenvalue weighted by Gasteiger charge is -2.02. The number of aryl methyl sites for hydroxylation is 1. The van der Waals surface area contributed by atoms with Gasteiger partial charge in [0.05, 0.1) is 18.8 Å². The third-order valence-electron chi connectivity index (χ3n) is 3.11. The van der Waals surface area contributed by atoms with Gasteiger partial charge in [0.1, 0.15) is 5.65 Å². The van der Waals surface area contributed by atoms with Crippen molar-refractivity contribution in [1.29, 1.82) is 0 Å². The van der Waals surface area contributed by atoms with Crippen LogP contribution in [-0.2, 0) is 6.54 Å². The van der Waals surface area contributed by atoms with Gasteiger partial charge < -0.3 is 10.1 Å². The van der Waals surface area contributed by atoms with Crippen LogP contribution in [0.2, 0.25) is 0 Å². The van der Waals surface area contributed by atoms with Gasteiger partial charge in [0, 0.05) is 10.8 Å². The molecule has 0 spiro atoms. The first-order chi connectivity index (χ1) is 8.72. The summed E-state index contributed by atoms with van der Waals surface area (Å²) in [7, 11) is 0. The molecule has 5 nitrogen and oxygen atoms in total. The Morgan fingerprint density at radius 2 is 2.06 bits per heavy atom. The number of rotatable bonds is 2. The summed E-state index contributed by atoms with van der Waals surface area (Å²) in [6.45, 7) is 2.27. The molecule has 3 aromatic rings. The fourth-order valence-corrected chi connectivity index (χ4v) is 2.36. The molecular weight excluding hydrogens is 230 g/mol. The summed E-state index contributed by atoms with van der Waals surface area (Å²) in [5, 5.41) is 15.9. The van der Waals surface area contributed by atoms with Crippen molar-refractivity contribution in [3.05, 3.63) is 40.3 Å². The zero-order chi connectivity index (χ0) is 12.7. The molecule has 0 unspecified atom stereocenters. The number of nitrogens with one attached hydrogen (secondary N) is 1. The van der Waals surface area contributed by atoms with Gasteiger partial charge in [0.15, 0.2) is 0 Å². The quantitative estimate of drug-likeness (QED) is 0.710. The Kier molecular flexibility index (Phi) is 2.41. The third kappa shape index (κ3) is 1.44. The van der Waals surface area contributed by atoms with Gasteiger partial charge in [0.2, 0.25) is 0 Å². The second kappa shape index (κ2) is 3.96. The van der Waals surface area contributed by atoms with E-state index >= 15 is 0 Å². The molecule has 0 amide bonds. The van der Waals surface area contributed by atoms with Crippen LogP contribution in [0, 0.1) is 6.92 Å². The number of hydrogen-bond acceptors (Lipinski definition) is 3. The highest BCUT2D eigenvalue weighted by atomic mass is 16.3. The van der Waals surface area contributed by atoms with Crippen LogP contribution >= 0.6 is 0 Å². The first-order valence-corrected chi connectivity index (χ1v) is 5.81. The fourth-order valence-electron chi connectivity index (χ4n) is 2.36. The van der Waals surface area contributed by atoms with Gasteiger partial charge in [-0.2, -0.15) is 5.10 Å². The lowest BCUT2D eigenvalue weighted by Crippen LogP contribution is -2.10. The highest BCUT2D eigenvalue weighted by molar-refractivity contribution is 6.05. The summed E-state index contributed by atoms with van der Waals surface area (Å²) in [6, 6.07) is 7.47. The molecule has 18 heavy (non-hydrogen) atoms. The Bertz CT molecular complexity index is 786.